The molecular formula is C9H6BrClN2. The van der Waals surface area contributed by atoms with E-state index < -0.39 is 0 Å². The average molecular weight is 258 g/mol. The minimum atomic E-state index is 0.461. The van der Waals surface area contributed by atoms with Crippen LogP contribution in [0.25, 0.3) is 11.0 Å². The average Bonchev–Trinajstić information content (AvgIpc) is 2.19. The summed E-state index contributed by atoms with van der Waals surface area (Å²) >= 11 is 9.19. The van der Waals surface area contributed by atoms with Crippen LogP contribution in [0.1, 0.15) is 5.56 Å². The van der Waals surface area contributed by atoms with Gasteiger partial charge in [0.25, 0.3) is 0 Å². The van der Waals surface area contributed by atoms with Crippen LogP contribution < -0.4 is 0 Å². The van der Waals surface area contributed by atoms with E-state index in [9.17, 15) is 0 Å². The van der Waals surface area contributed by atoms with Gasteiger partial charge < -0.3 is 0 Å². The zero-order chi connectivity index (χ0) is 9.26. The topological polar surface area (TPSA) is 25.8 Å². The third kappa shape index (κ3) is 1.54. The van der Waals surface area contributed by atoms with Crippen molar-refractivity contribution in [1.82, 2.24) is 9.97 Å². The van der Waals surface area contributed by atoms with Crippen LogP contribution in [-0.2, 0) is 5.88 Å². The molecule has 66 valence electrons. The molecule has 1 heterocycles. The van der Waals surface area contributed by atoms with Crippen LogP contribution in [0.15, 0.2) is 29.0 Å². The largest absolute Gasteiger partial charge is 0.253 e. The van der Waals surface area contributed by atoms with E-state index in [0.717, 1.165) is 21.1 Å². The van der Waals surface area contributed by atoms with Gasteiger partial charge in [0.1, 0.15) is 5.52 Å². The zero-order valence-corrected chi connectivity index (χ0v) is 9.01. The Kier molecular flexibility index (Phi) is 2.47. The first-order valence-electron chi connectivity index (χ1n) is 3.77. The highest BCUT2D eigenvalue weighted by Gasteiger charge is 2.04. The second-order valence-electron chi connectivity index (χ2n) is 2.59. The Morgan fingerprint density at radius 1 is 1.15 bits per heavy atom. The fraction of sp³-hybridized carbons (Fsp3) is 0.111. The Morgan fingerprint density at radius 3 is 2.54 bits per heavy atom. The Bertz CT molecular complexity index is 445. The summed E-state index contributed by atoms with van der Waals surface area (Å²) in [5.74, 6) is 0.461. The molecule has 0 spiro atoms. The van der Waals surface area contributed by atoms with E-state index in [-0.39, 0.29) is 0 Å². The molecule has 4 heteroatoms. The first-order chi connectivity index (χ1) is 6.33. The molecule has 0 radical (unpaired) electrons. The molecule has 0 aliphatic carbocycles. The summed E-state index contributed by atoms with van der Waals surface area (Å²) in [6.07, 6.45) is 3.34. The smallest absolute Gasteiger partial charge is 0.103 e. The molecule has 0 bridgehead atoms. The minimum Gasteiger partial charge on any atom is -0.253 e. The molecule has 0 amide bonds. The van der Waals surface area contributed by atoms with Crippen LogP contribution in [0.5, 0.6) is 0 Å². The molecule has 0 saturated carbocycles. The lowest BCUT2D eigenvalue weighted by atomic mass is 10.2. The lowest BCUT2D eigenvalue weighted by Crippen LogP contribution is -1.88. The van der Waals surface area contributed by atoms with Crippen LogP contribution in [-0.4, -0.2) is 9.97 Å². The lowest BCUT2D eigenvalue weighted by molar-refractivity contribution is 1.26. The summed E-state index contributed by atoms with van der Waals surface area (Å²) in [6, 6.07) is 3.89. The first kappa shape index (κ1) is 8.91. The lowest BCUT2D eigenvalue weighted by Gasteiger charge is -2.02. The van der Waals surface area contributed by atoms with Crippen LogP contribution in [0.3, 0.4) is 0 Å². The van der Waals surface area contributed by atoms with Gasteiger partial charge in [-0.3, -0.25) is 9.97 Å². The molecule has 0 N–H and O–H groups in total. The summed E-state index contributed by atoms with van der Waals surface area (Å²) in [5.41, 5.74) is 2.74. The maximum atomic E-state index is 5.78. The number of alkyl halides is 1. The fourth-order valence-electron chi connectivity index (χ4n) is 1.19. The van der Waals surface area contributed by atoms with E-state index >= 15 is 0 Å². The molecule has 1 aromatic carbocycles. The van der Waals surface area contributed by atoms with Crippen molar-refractivity contribution in [2.45, 2.75) is 5.88 Å². The maximum Gasteiger partial charge on any atom is 0.103 e. The highest BCUT2D eigenvalue weighted by molar-refractivity contribution is 9.10. The predicted molar refractivity (Wildman–Crippen MR) is 56.8 cm³/mol. The first-order valence-corrected chi connectivity index (χ1v) is 5.09. The Balaban J connectivity index is 2.84. The van der Waals surface area contributed by atoms with Gasteiger partial charge >= 0.3 is 0 Å². The second-order valence-corrected chi connectivity index (χ2v) is 3.72. The molecule has 0 aliphatic rings. The van der Waals surface area contributed by atoms with Crippen LogP contribution in [0, 0.1) is 0 Å². The van der Waals surface area contributed by atoms with Crippen molar-refractivity contribution in [2.75, 3.05) is 0 Å². The normalized spacial score (nSPS) is 10.6. The Morgan fingerprint density at radius 2 is 1.85 bits per heavy atom. The second kappa shape index (κ2) is 3.60. The Labute approximate surface area is 89.1 Å². The van der Waals surface area contributed by atoms with Gasteiger partial charge in [0, 0.05) is 22.7 Å². The number of fused-ring (bicyclic) bond motifs is 1. The number of hydrogen-bond acceptors (Lipinski definition) is 2. The van der Waals surface area contributed by atoms with E-state index in [0.29, 0.717) is 5.88 Å². The summed E-state index contributed by atoms with van der Waals surface area (Å²) in [5, 5.41) is 0. The fourth-order valence-corrected chi connectivity index (χ4v) is 1.83. The van der Waals surface area contributed by atoms with Gasteiger partial charge in [0.2, 0.25) is 0 Å². The molecular weight excluding hydrogens is 251 g/mol. The van der Waals surface area contributed by atoms with Gasteiger partial charge in [-0.25, -0.2) is 0 Å². The number of benzene rings is 1. The third-order valence-electron chi connectivity index (χ3n) is 1.80. The molecule has 2 aromatic rings. The van der Waals surface area contributed by atoms with Crippen LogP contribution in [0.4, 0.5) is 0 Å². The van der Waals surface area contributed by atoms with E-state index in [4.69, 9.17) is 11.6 Å². The van der Waals surface area contributed by atoms with E-state index in [2.05, 4.69) is 25.9 Å². The maximum absolute atomic E-state index is 5.78. The van der Waals surface area contributed by atoms with Crippen molar-refractivity contribution in [3.05, 3.63) is 34.6 Å². The van der Waals surface area contributed by atoms with Gasteiger partial charge in [0.05, 0.1) is 5.52 Å². The molecule has 0 saturated heterocycles. The zero-order valence-electron chi connectivity index (χ0n) is 6.67. The van der Waals surface area contributed by atoms with E-state index in [1.165, 1.54) is 0 Å². The Hall–Kier alpha value is -0.670. The van der Waals surface area contributed by atoms with Crippen molar-refractivity contribution < 1.29 is 0 Å². The quantitative estimate of drug-likeness (QED) is 0.734. The molecule has 0 atom stereocenters. The number of aromatic nitrogens is 2. The van der Waals surface area contributed by atoms with Gasteiger partial charge in [0.15, 0.2) is 0 Å². The van der Waals surface area contributed by atoms with Crippen molar-refractivity contribution in [3.63, 3.8) is 0 Å². The monoisotopic (exact) mass is 256 g/mol. The number of nitrogens with zero attached hydrogens (tertiary/aromatic N) is 2. The number of halogens is 2. The molecule has 0 fully saturated rings. The standard InChI is InChI=1S/C9H6BrClN2/c10-7-2-1-6(5-11)8-9(7)13-4-3-12-8/h1-4H,5H2. The van der Waals surface area contributed by atoms with E-state index in [1.54, 1.807) is 12.4 Å². The SMILES string of the molecule is ClCc1ccc(Br)c2nccnc12. The van der Waals surface area contributed by atoms with Gasteiger partial charge in [-0.1, -0.05) is 6.07 Å². The number of rotatable bonds is 1. The summed E-state index contributed by atoms with van der Waals surface area (Å²) < 4.78 is 0.949. The van der Waals surface area contributed by atoms with Crippen LogP contribution >= 0.6 is 27.5 Å². The molecule has 0 unspecified atom stereocenters. The molecule has 13 heavy (non-hydrogen) atoms. The third-order valence-corrected chi connectivity index (χ3v) is 2.73. The molecule has 0 aliphatic heterocycles. The number of hydrogen-bond donors (Lipinski definition) is 0. The van der Waals surface area contributed by atoms with Crippen molar-refractivity contribution in [3.8, 4) is 0 Å². The van der Waals surface area contributed by atoms with Crippen molar-refractivity contribution >= 4 is 38.6 Å². The van der Waals surface area contributed by atoms with Crippen LogP contribution in [0.2, 0.25) is 0 Å². The van der Waals surface area contributed by atoms with Crippen molar-refractivity contribution in [1.29, 1.82) is 0 Å². The highest BCUT2D eigenvalue weighted by Crippen LogP contribution is 2.23. The highest BCUT2D eigenvalue weighted by atomic mass is 79.9. The van der Waals surface area contributed by atoms with Gasteiger partial charge in [-0.2, -0.15) is 0 Å². The molecule has 2 nitrogen and oxygen atoms in total. The summed E-state index contributed by atoms with van der Waals surface area (Å²) in [7, 11) is 0. The summed E-state index contributed by atoms with van der Waals surface area (Å²) in [6.45, 7) is 0. The van der Waals surface area contributed by atoms with Gasteiger partial charge in [-0.15, -0.1) is 11.6 Å². The predicted octanol–water partition coefficient (Wildman–Crippen LogP) is 3.13. The van der Waals surface area contributed by atoms with E-state index in [1.807, 2.05) is 12.1 Å². The minimum absolute atomic E-state index is 0.461. The summed E-state index contributed by atoms with van der Waals surface area (Å²) in [4.78, 5) is 8.46. The molecule has 1 aromatic heterocycles. The van der Waals surface area contributed by atoms with Crippen molar-refractivity contribution in [2.24, 2.45) is 0 Å². The molecule has 2 rings (SSSR count). The van der Waals surface area contributed by atoms with Gasteiger partial charge in [-0.05, 0) is 27.6 Å².